The topological polar surface area (TPSA) is 58.6 Å². The highest BCUT2D eigenvalue weighted by Crippen LogP contribution is 2.16. The van der Waals surface area contributed by atoms with E-state index in [-0.39, 0.29) is 18.3 Å². The fourth-order valence-corrected chi connectivity index (χ4v) is 3.07. The third kappa shape index (κ3) is 5.65. The Morgan fingerprint density at radius 2 is 1.91 bits per heavy atom. The molecule has 0 radical (unpaired) electrons. The number of thioether (sulfide) groups is 1. The number of likely N-dealkylation sites (tertiary alicyclic amines) is 1. The first kappa shape index (κ1) is 16.8. The van der Waals surface area contributed by atoms with E-state index < -0.39 is 5.97 Å². The number of thiocarbonyl (C=S) groups is 1. The van der Waals surface area contributed by atoms with Crippen LogP contribution in [0.15, 0.2) is 30.3 Å². The van der Waals surface area contributed by atoms with Crippen LogP contribution in [0.4, 0.5) is 5.69 Å². The molecule has 0 saturated carbocycles. The summed E-state index contributed by atoms with van der Waals surface area (Å²) in [6.45, 7) is 1.63. The average Bonchev–Trinajstić information content (AvgIpc) is 3.06. The van der Waals surface area contributed by atoms with Crippen molar-refractivity contribution in [1.29, 1.82) is 0 Å². The quantitative estimate of drug-likeness (QED) is 0.657. The molecule has 0 spiro atoms. The molecule has 0 bridgehead atoms. The van der Waals surface area contributed by atoms with Crippen molar-refractivity contribution >= 4 is 45.9 Å². The van der Waals surface area contributed by atoms with Gasteiger partial charge in [0, 0.05) is 18.8 Å². The fraction of sp³-hybridized carbons (Fsp3) is 0.400. The highest BCUT2D eigenvalue weighted by Gasteiger charge is 2.17. The molecule has 0 unspecified atom stereocenters. The van der Waals surface area contributed by atoms with Crippen molar-refractivity contribution in [2.24, 2.45) is 0 Å². The van der Waals surface area contributed by atoms with Crippen LogP contribution < -0.4 is 5.32 Å². The smallest absolute Gasteiger partial charge is 0.316 e. The van der Waals surface area contributed by atoms with Crippen LogP contribution in [0.25, 0.3) is 0 Å². The van der Waals surface area contributed by atoms with Crippen molar-refractivity contribution in [3.8, 4) is 0 Å². The van der Waals surface area contributed by atoms with Gasteiger partial charge in [-0.2, -0.15) is 0 Å². The Bertz CT molecular complexity index is 531. The molecule has 7 heteroatoms. The molecule has 1 N–H and O–H groups in total. The normalized spacial score (nSPS) is 13.7. The van der Waals surface area contributed by atoms with Crippen molar-refractivity contribution in [2.45, 2.75) is 12.8 Å². The maximum absolute atomic E-state index is 11.6. The second-order valence-electron chi connectivity index (χ2n) is 4.82. The van der Waals surface area contributed by atoms with Crippen molar-refractivity contribution in [3.63, 3.8) is 0 Å². The number of hydrogen-bond donors (Lipinski definition) is 1. The van der Waals surface area contributed by atoms with Crippen LogP contribution in [-0.4, -0.2) is 46.5 Å². The molecule has 1 aliphatic rings. The summed E-state index contributed by atoms with van der Waals surface area (Å²) in [5.74, 6) is -0.657. The van der Waals surface area contributed by atoms with Gasteiger partial charge in [-0.05, 0) is 25.0 Å². The Hall–Kier alpha value is -1.60. The lowest BCUT2D eigenvalue weighted by Gasteiger charge is -2.17. The van der Waals surface area contributed by atoms with Crippen LogP contribution in [0.5, 0.6) is 0 Å². The second-order valence-corrected chi connectivity index (χ2v) is 6.43. The molecule has 1 fully saturated rings. The van der Waals surface area contributed by atoms with Crippen molar-refractivity contribution in [2.75, 3.05) is 30.8 Å². The molecule has 1 aliphatic heterocycles. The average molecular weight is 338 g/mol. The number of nitrogens with zero attached hydrogens (tertiary/aromatic N) is 1. The van der Waals surface area contributed by atoms with E-state index in [1.54, 1.807) is 12.1 Å². The minimum Gasteiger partial charge on any atom is -0.455 e. The number of nitrogens with one attached hydrogen (secondary N) is 1. The van der Waals surface area contributed by atoms with Gasteiger partial charge in [0.1, 0.15) is 4.32 Å². The Kier molecular flexibility index (Phi) is 6.67. The molecular weight excluding hydrogens is 320 g/mol. The molecule has 1 heterocycles. The highest BCUT2D eigenvalue weighted by atomic mass is 32.2. The Labute approximate surface area is 139 Å². The number of carbonyl (C=O) groups is 2. The monoisotopic (exact) mass is 338 g/mol. The lowest BCUT2D eigenvalue weighted by Crippen LogP contribution is -2.25. The van der Waals surface area contributed by atoms with Crippen LogP contribution in [-0.2, 0) is 14.3 Å². The number of amides is 1. The van der Waals surface area contributed by atoms with Crippen molar-refractivity contribution in [1.82, 2.24) is 4.90 Å². The van der Waals surface area contributed by atoms with Crippen LogP contribution in [0.2, 0.25) is 0 Å². The van der Waals surface area contributed by atoms with E-state index >= 15 is 0 Å². The van der Waals surface area contributed by atoms with Crippen molar-refractivity contribution < 1.29 is 14.3 Å². The third-order valence-corrected chi connectivity index (χ3v) is 4.60. The minimum absolute atomic E-state index is 0.133. The summed E-state index contributed by atoms with van der Waals surface area (Å²) in [5, 5.41) is 2.65. The number of ether oxygens (including phenoxy) is 1. The van der Waals surface area contributed by atoms with Gasteiger partial charge in [-0.15, -0.1) is 0 Å². The number of hydrogen-bond acceptors (Lipinski definition) is 5. The summed E-state index contributed by atoms with van der Waals surface area (Å²) in [5.41, 5.74) is 0.674. The molecule has 1 aromatic carbocycles. The second kappa shape index (κ2) is 8.75. The molecule has 1 amide bonds. The van der Waals surface area contributed by atoms with Crippen LogP contribution in [0.1, 0.15) is 12.8 Å². The molecule has 1 saturated heterocycles. The molecule has 0 aromatic heterocycles. The number of para-hydroxylation sites is 1. The maximum atomic E-state index is 11.6. The van der Waals surface area contributed by atoms with Gasteiger partial charge in [-0.1, -0.05) is 42.2 Å². The summed E-state index contributed by atoms with van der Waals surface area (Å²) in [7, 11) is 0. The van der Waals surface area contributed by atoms with Gasteiger partial charge in [-0.25, -0.2) is 0 Å². The van der Waals surface area contributed by atoms with Gasteiger partial charge in [0.15, 0.2) is 6.61 Å². The summed E-state index contributed by atoms with van der Waals surface area (Å²) < 4.78 is 5.66. The molecule has 118 valence electrons. The zero-order valence-electron chi connectivity index (χ0n) is 12.1. The largest absolute Gasteiger partial charge is 0.455 e. The van der Waals surface area contributed by atoms with Gasteiger partial charge in [0.05, 0.1) is 5.75 Å². The van der Waals surface area contributed by atoms with Gasteiger partial charge in [-0.3, -0.25) is 9.59 Å². The molecule has 0 aliphatic carbocycles. The SMILES string of the molecule is O=C(COC(=O)CSC(=S)N1CCCC1)Nc1ccccc1. The first-order valence-electron chi connectivity index (χ1n) is 7.07. The number of benzene rings is 1. The lowest BCUT2D eigenvalue weighted by atomic mass is 10.3. The van der Waals surface area contributed by atoms with Crippen LogP contribution in [0, 0.1) is 0 Å². The summed E-state index contributed by atoms with van der Waals surface area (Å²) in [6.07, 6.45) is 2.29. The summed E-state index contributed by atoms with van der Waals surface area (Å²) >= 11 is 6.55. The summed E-state index contributed by atoms with van der Waals surface area (Å²) in [4.78, 5) is 25.3. The first-order valence-corrected chi connectivity index (χ1v) is 8.47. The molecule has 5 nitrogen and oxygen atoms in total. The first-order chi connectivity index (χ1) is 10.6. The number of anilines is 1. The zero-order valence-corrected chi connectivity index (χ0v) is 13.8. The van der Waals surface area contributed by atoms with E-state index in [2.05, 4.69) is 10.2 Å². The number of carbonyl (C=O) groups excluding carboxylic acids is 2. The molecule has 22 heavy (non-hydrogen) atoms. The van der Waals surface area contributed by atoms with E-state index in [0.717, 1.165) is 30.3 Å². The predicted molar refractivity (Wildman–Crippen MR) is 91.9 cm³/mol. The third-order valence-electron chi connectivity index (χ3n) is 3.10. The molecule has 1 aromatic rings. The Morgan fingerprint density at radius 3 is 2.59 bits per heavy atom. The van der Waals surface area contributed by atoms with Gasteiger partial charge < -0.3 is 15.0 Å². The Balaban J connectivity index is 1.62. The highest BCUT2D eigenvalue weighted by molar-refractivity contribution is 8.23. The van der Waals surface area contributed by atoms with Crippen molar-refractivity contribution in [3.05, 3.63) is 30.3 Å². The summed E-state index contributed by atoms with van der Waals surface area (Å²) in [6, 6.07) is 9.03. The van der Waals surface area contributed by atoms with Crippen LogP contribution in [0.3, 0.4) is 0 Å². The number of rotatable bonds is 5. The maximum Gasteiger partial charge on any atom is 0.316 e. The lowest BCUT2D eigenvalue weighted by molar-refractivity contribution is -0.144. The fourth-order valence-electron chi connectivity index (χ4n) is 2.02. The van der Waals surface area contributed by atoms with E-state index in [4.69, 9.17) is 17.0 Å². The van der Waals surface area contributed by atoms with E-state index in [1.165, 1.54) is 11.8 Å². The van der Waals surface area contributed by atoms with Gasteiger partial charge in [0.2, 0.25) is 0 Å². The molecule has 2 rings (SSSR count). The van der Waals surface area contributed by atoms with E-state index in [0.29, 0.717) is 5.69 Å². The zero-order chi connectivity index (χ0) is 15.8. The van der Waals surface area contributed by atoms with Crippen LogP contribution >= 0.6 is 24.0 Å². The molecular formula is C15H18N2O3S2. The van der Waals surface area contributed by atoms with Gasteiger partial charge >= 0.3 is 5.97 Å². The Morgan fingerprint density at radius 1 is 1.23 bits per heavy atom. The van der Waals surface area contributed by atoms with E-state index in [1.807, 2.05) is 18.2 Å². The number of esters is 1. The predicted octanol–water partition coefficient (Wildman–Crippen LogP) is 2.28. The van der Waals surface area contributed by atoms with E-state index in [9.17, 15) is 9.59 Å². The minimum atomic E-state index is -0.435. The standard InChI is InChI=1S/C15H18N2O3S2/c18-13(16-12-6-2-1-3-7-12)10-20-14(19)11-22-15(21)17-8-4-5-9-17/h1-3,6-7H,4-5,8-11H2,(H,16,18). The van der Waals surface area contributed by atoms with Gasteiger partial charge in [0.25, 0.3) is 5.91 Å². The molecule has 0 atom stereocenters.